The van der Waals surface area contributed by atoms with Gasteiger partial charge in [-0.05, 0) is 36.2 Å². The van der Waals surface area contributed by atoms with Crippen molar-refractivity contribution in [1.82, 2.24) is 5.32 Å². The highest BCUT2D eigenvalue weighted by atomic mass is 32.2. The van der Waals surface area contributed by atoms with Crippen molar-refractivity contribution in [3.63, 3.8) is 0 Å². The predicted octanol–water partition coefficient (Wildman–Crippen LogP) is 3.17. The monoisotopic (exact) mass is 399 g/mol. The van der Waals surface area contributed by atoms with Crippen LogP contribution in [-0.2, 0) is 16.0 Å². The van der Waals surface area contributed by atoms with Gasteiger partial charge in [0.1, 0.15) is 12.7 Å². The normalized spacial score (nSPS) is 11.3. The number of terminal acetylenes is 1. The predicted molar refractivity (Wildman–Crippen MR) is 112 cm³/mol. The highest BCUT2D eigenvalue weighted by Gasteiger charge is 2.17. The number of hydrogen-bond donors (Lipinski definition) is 1. The van der Waals surface area contributed by atoms with Gasteiger partial charge in [0.25, 0.3) is 0 Å². The summed E-state index contributed by atoms with van der Waals surface area (Å²) in [6.45, 7) is 0.688. The van der Waals surface area contributed by atoms with Gasteiger partial charge in [-0.1, -0.05) is 30.2 Å². The molecule has 0 aliphatic carbocycles. The number of carbonyl (C=O) groups excluding carboxylic acids is 1. The molecule has 2 rings (SSSR count). The Morgan fingerprint density at radius 3 is 2.64 bits per heavy atom. The summed E-state index contributed by atoms with van der Waals surface area (Å²) in [5.74, 6) is 4.09. The number of thioether (sulfide) groups is 1. The minimum absolute atomic E-state index is 0.119. The van der Waals surface area contributed by atoms with Crippen LogP contribution in [0.25, 0.3) is 0 Å². The lowest BCUT2D eigenvalue weighted by Gasteiger charge is -2.15. The molecule has 0 spiro atoms. The van der Waals surface area contributed by atoms with Crippen molar-refractivity contribution in [2.24, 2.45) is 0 Å². The summed E-state index contributed by atoms with van der Waals surface area (Å²) < 4.78 is 16.1. The van der Waals surface area contributed by atoms with Crippen molar-refractivity contribution in [3.8, 4) is 23.8 Å². The first-order chi connectivity index (χ1) is 13.7. The van der Waals surface area contributed by atoms with E-state index in [0.717, 1.165) is 10.5 Å². The number of nitrogens with one attached hydrogen (secondary N) is 1. The molecule has 0 heterocycles. The van der Waals surface area contributed by atoms with E-state index in [1.165, 1.54) is 0 Å². The maximum Gasteiger partial charge on any atom is 0.250 e. The molecule has 28 heavy (non-hydrogen) atoms. The van der Waals surface area contributed by atoms with Crippen molar-refractivity contribution < 1.29 is 19.0 Å². The molecular weight excluding hydrogens is 374 g/mol. The SMILES string of the molecule is C#CCOc1ccc(CCNC(=O)[C@@H](CSc2ccccc2)OC)cc1OC. The zero-order valence-electron chi connectivity index (χ0n) is 16.1. The number of hydrogen-bond acceptors (Lipinski definition) is 5. The molecule has 0 aliphatic rings. The van der Waals surface area contributed by atoms with Crippen molar-refractivity contribution in [3.05, 3.63) is 54.1 Å². The van der Waals surface area contributed by atoms with Gasteiger partial charge >= 0.3 is 0 Å². The average Bonchev–Trinajstić information content (AvgIpc) is 2.73. The molecular formula is C22H25NO4S. The number of carbonyl (C=O) groups is 1. The molecule has 2 aromatic rings. The van der Waals surface area contributed by atoms with E-state index in [1.807, 2.05) is 48.5 Å². The third kappa shape index (κ3) is 6.84. The minimum Gasteiger partial charge on any atom is -0.493 e. The van der Waals surface area contributed by atoms with Crippen LogP contribution in [0.1, 0.15) is 5.56 Å². The number of ether oxygens (including phenoxy) is 3. The van der Waals surface area contributed by atoms with Gasteiger partial charge in [0, 0.05) is 24.3 Å². The molecule has 0 fully saturated rings. The van der Waals surface area contributed by atoms with Gasteiger partial charge < -0.3 is 19.5 Å². The summed E-state index contributed by atoms with van der Waals surface area (Å²) in [6, 6.07) is 15.6. The van der Waals surface area contributed by atoms with Gasteiger partial charge in [0.2, 0.25) is 5.91 Å². The Kier molecular flexibility index (Phi) is 9.26. The molecule has 0 aliphatic heterocycles. The molecule has 0 radical (unpaired) electrons. The quantitative estimate of drug-likeness (QED) is 0.465. The summed E-state index contributed by atoms with van der Waals surface area (Å²) in [6.07, 6.45) is 5.38. The number of amides is 1. The number of benzene rings is 2. The van der Waals surface area contributed by atoms with Crippen LogP contribution in [0, 0.1) is 12.3 Å². The summed E-state index contributed by atoms with van der Waals surface area (Å²) in [5.41, 5.74) is 1.03. The Labute approximate surface area is 170 Å². The van der Waals surface area contributed by atoms with Crippen LogP contribution in [0.5, 0.6) is 11.5 Å². The lowest BCUT2D eigenvalue weighted by molar-refractivity contribution is -0.129. The standard InChI is InChI=1S/C22H25NO4S/c1-4-14-27-19-11-10-17(15-20(19)25-2)12-13-23-22(24)21(26-3)16-28-18-8-6-5-7-9-18/h1,5-11,15,21H,12-14,16H2,2-3H3,(H,23,24)/t21-/m1/s1. The highest BCUT2D eigenvalue weighted by molar-refractivity contribution is 7.99. The Hall–Kier alpha value is -2.62. The Bertz CT molecular complexity index is 789. The van der Waals surface area contributed by atoms with E-state index in [1.54, 1.807) is 26.0 Å². The van der Waals surface area contributed by atoms with Gasteiger partial charge in [0.15, 0.2) is 11.5 Å². The van der Waals surface area contributed by atoms with E-state index in [0.29, 0.717) is 30.2 Å². The first-order valence-corrected chi connectivity index (χ1v) is 9.88. The largest absolute Gasteiger partial charge is 0.493 e. The maximum absolute atomic E-state index is 12.4. The molecule has 5 nitrogen and oxygen atoms in total. The second-order valence-corrected chi connectivity index (χ2v) is 6.96. The van der Waals surface area contributed by atoms with Crippen LogP contribution in [0.2, 0.25) is 0 Å². The second kappa shape index (κ2) is 12.0. The molecule has 1 N–H and O–H groups in total. The molecule has 148 valence electrons. The average molecular weight is 400 g/mol. The fourth-order valence-corrected chi connectivity index (χ4v) is 3.47. The fourth-order valence-electron chi connectivity index (χ4n) is 2.49. The van der Waals surface area contributed by atoms with Crippen LogP contribution in [0.15, 0.2) is 53.4 Å². The summed E-state index contributed by atoms with van der Waals surface area (Å²) in [4.78, 5) is 13.5. The number of methoxy groups -OCH3 is 2. The van der Waals surface area contributed by atoms with Crippen LogP contribution >= 0.6 is 11.8 Å². The lowest BCUT2D eigenvalue weighted by atomic mass is 10.1. The molecule has 6 heteroatoms. The molecule has 0 saturated carbocycles. The lowest BCUT2D eigenvalue weighted by Crippen LogP contribution is -2.38. The van der Waals surface area contributed by atoms with Gasteiger partial charge in [-0.15, -0.1) is 18.2 Å². The van der Waals surface area contributed by atoms with Crippen LogP contribution in [-0.4, -0.2) is 45.1 Å². The Balaban J connectivity index is 1.82. The van der Waals surface area contributed by atoms with Crippen LogP contribution in [0.3, 0.4) is 0 Å². The van der Waals surface area contributed by atoms with Crippen molar-refractivity contribution in [1.29, 1.82) is 0 Å². The first kappa shape index (κ1) is 21.7. The zero-order chi connectivity index (χ0) is 20.2. The zero-order valence-corrected chi connectivity index (χ0v) is 17.0. The van der Waals surface area contributed by atoms with Crippen molar-refractivity contribution in [2.45, 2.75) is 17.4 Å². The molecule has 0 unspecified atom stereocenters. The molecule has 1 atom stereocenters. The molecule has 1 amide bonds. The third-order valence-electron chi connectivity index (χ3n) is 3.97. The minimum atomic E-state index is -0.501. The smallest absolute Gasteiger partial charge is 0.250 e. The van der Waals surface area contributed by atoms with Gasteiger partial charge in [-0.25, -0.2) is 0 Å². The van der Waals surface area contributed by atoms with Crippen molar-refractivity contribution >= 4 is 17.7 Å². The van der Waals surface area contributed by atoms with Gasteiger partial charge in [0.05, 0.1) is 7.11 Å². The van der Waals surface area contributed by atoms with E-state index >= 15 is 0 Å². The maximum atomic E-state index is 12.4. The fraction of sp³-hybridized carbons (Fsp3) is 0.318. The Morgan fingerprint density at radius 2 is 1.96 bits per heavy atom. The third-order valence-corrected chi connectivity index (χ3v) is 5.05. The van der Waals surface area contributed by atoms with E-state index in [2.05, 4.69) is 11.2 Å². The van der Waals surface area contributed by atoms with Gasteiger partial charge in [-0.3, -0.25) is 4.79 Å². The second-order valence-electron chi connectivity index (χ2n) is 5.87. The number of rotatable bonds is 11. The summed E-state index contributed by atoms with van der Waals surface area (Å²) >= 11 is 1.59. The van der Waals surface area contributed by atoms with E-state index < -0.39 is 6.10 Å². The van der Waals surface area contributed by atoms with Crippen LogP contribution < -0.4 is 14.8 Å². The van der Waals surface area contributed by atoms with Crippen molar-refractivity contribution in [2.75, 3.05) is 33.1 Å². The Morgan fingerprint density at radius 1 is 1.18 bits per heavy atom. The van der Waals surface area contributed by atoms with E-state index in [-0.39, 0.29) is 12.5 Å². The molecule has 0 aromatic heterocycles. The topological polar surface area (TPSA) is 56.8 Å². The summed E-state index contributed by atoms with van der Waals surface area (Å²) in [5, 5.41) is 2.93. The molecule has 0 saturated heterocycles. The summed E-state index contributed by atoms with van der Waals surface area (Å²) in [7, 11) is 3.13. The highest BCUT2D eigenvalue weighted by Crippen LogP contribution is 2.28. The van der Waals surface area contributed by atoms with Gasteiger partial charge in [-0.2, -0.15) is 0 Å². The van der Waals surface area contributed by atoms with Crippen LogP contribution in [0.4, 0.5) is 0 Å². The molecule has 2 aromatic carbocycles. The van der Waals surface area contributed by atoms with E-state index in [4.69, 9.17) is 20.6 Å². The first-order valence-electron chi connectivity index (χ1n) is 8.89. The molecule has 0 bridgehead atoms. The van der Waals surface area contributed by atoms with E-state index in [9.17, 15) is 4.79 Å².